The van der Waals surface area contributed by atoms with Gasteiger partial charge in [0.15, 0.2) is 6.10 Å². The quantitative estimate of drug-likeness (QED) is 0.847. The van der Waals surface area contributed by atoms with Crippen LogP contribution in [-0.2, 0) is 16.0 Å². The zero-order valence-corrected chi connectivity index (χ0v) is 10.3. The molecule has 1 heterocycles. The summed E-state index contributed by atoms with van der Waals surface area (Å²) in [5.74, 6) is -0.220. The number of aromatic amines is 1. The van der Waals surface area contributed by atoms with E-state index in [0.717, 1.165) is 22.2 Å². The predicted octanol–water partition coefficient (Wildman–Crippen LogP) is 1.82. The third-order valence-electron chi connectivity index (χ3n) is 2.94. The van der Waals surface area contributed by atoms with Crippen molar-refractivity contribution < 1.29 is 19.4 Å². The van der Waals surface area contributed by atoms with E-state index in [2.05, 4.69) is 4.98 Å². The first-order valence-electron chi connectivity index (χ1n) is 5.55. The van der Waals surface area contributed by atoms with Crippen LogP contribution in [0.5, 0.6) is 5.75 Å². The monoisotopic (exact) mass is 249 g/mol. The molecule has 1 atom stereocenters. The lowest BCUT2D eigenvalue weighted by Gasteiger charge is -2.09. The fourth-order valence-electron chi connectivity index (χ4n) is 1.92. The summed E-state index contributed by atoms with van der Waals surface area (Å²) >= 11 is 0. The van der Waals surface area contributed by atoms with Crippen LogP contribution in [0.15, 0.2) is 24.4 Å². The van der Waals surface area contributed by atoms with Crippen LogP contribution in [0.4, 0.5) is 0 Å². The van der Waals surface area contributed by atoms with E-state index < -0.39 is 12.1 Å². The Labute approximate surface area is 104 Å². The number of H-pyrrole nitrogens is 1. The van der Waals surface area contributed by atoms with Gasteiger partial charge in [0.2, 0.25) is 0 Å². The highest BCUT2D eigenvalue weighted by atomic mass is 16.5. The zero-order chi connectivity index (χ0) is 13.1. The number of carbonyl (C=O) groups is 1. The largest absolute Gasteiger partial charge is 0.497 e. The van der Waals surface area contributed by atoms with Gasteiger partial charge in [0, 0.05) is 30.6 Å². The van der Waals surface area contributed by atoms with Crippen LogP contribution >= 0.6 is 0 Å². The van der Waals surface area contributed by atoms with Crippen LogP contribution in [0, 0.1) is 0 Å². The summed E-state index contributed by atoms with van der Waals surface area (Å²) < 4.78 is 10.1. The Morgan fingerprint density at radius 3 is 2.83 bits per heavy atom. The topological polar surface area (TPSA) is 71.5 Å². The maximum Gasteiger partial charge on any atom is 0.333 e. The summed E-state index contributed by atoms with van der Waals surface area (Å²) in [6, 6.07) is 5.64. The minimum atomic E-state index is -0.963. The predicted molar refractivity (Wildman–Crippen MR) is 67.0 cm³/mol. The normalized spacial score (nSPS) is 12.6. The molecular weight excluding hydrogens is 234 g/mol. The number of carboxylic acid groups (broad SMARTS) is 1. The lowest BCUT2D eigenvalue weighted by atomic mass is 10.1. The maximum absolute atomic E-state index is 11.0. The van der Waals surface area contributed by atoms with Gasteiger partial charge in [0.05, 0.1) is 7.11 Å². The second kappa shape index (κ2) is 5.10. The lowest BCUT2D eigenvalue weighted by molar-refractivity contribution is -0.148. The molecule has 0 saturated heterocycles. The van der Waals surface area contributed by atoms with Crippen LogP contribution in [0.2, 0.25) is 0 Å². The van der Waals surface area contributed by atoms with E-state index in [0.29, 0.717) is 6.42 Å². The molecule has 5 nitrogen and oxygen atoms in total. The summed E-state index contributed by atoms with van der Waals surface area (Å²) in [7, 11) is 3.00. The van der Waals surface area contributed by atoms with Gasteiger partial charge >= 0.3 is 5.97 Å². The SMILES string of the molecule is COc1ccc2[nH]cc(C[C@H](OC)C(=O)O)c2c1. The number of aliphatic carboxylic acids is 1. The van der Waals surface area contributed by atoms with Gasteiger partial charge in [0.25, 0.3) is 0 Å². The lowest BCUT2D eigenvalue weighted by Crippen LogP contribution is -2.24. The molecule has 0 radical (unpaired) electrons. The van der Waals surface area contributed by atoms with Gasteiger partial charge in [-0.05, 0) is 23.8 Å². The van der Waals surface area contributed by atoms with E-state index in [1.165, 1.54) is 7.11 Å². The van der Waals surface area contributed by atoms with Crippen molar-refractivity contribution in [3.8, 4) is 5.75 Å². The molecule has 0 fully saturated rings. The van der Waals surface area contributed by atoms with Crippen molar-refractivity contribution in [2.75, 3.05) is 14.2 Å². The smallest absolute Gasteiger partial charge is 0.333 e. The van der Waals surface area contributed by atoms with Gasteiger partial charge in [-0.2, -0.15) is 0 Å². The molecule has 5 heteroatoms. The first-order valence-corrected chi connectivity index (χ1v) is 5.55. The molecule has 1 aromatic heterocycles. The Morgan fingerprint density at radius 1 is 1.44 bits per heavy atom. The number of nitrogens with one attached hydrogen (secondary N) is 1. The number of methoxy groups -OCH3 is 2. The van der Waals surface area contributed by atoms with Gasteiger partial charge in [-0.1, -0.05) is 0 Å². The van der Waals surface area contributed by atoms with Crippen molar-refractivity contribution in [3.63, 3.8) is 0 Å². The molecule has 2 aromatic rings. The number of rotatable bonds is 5. The number of carboxylic acids is 1. The summed E-state index contributed by atoms with van der Waals surface area (Å²) in [5, 5.41) is 9.94. The summed E-state index contributed by atoms with van der Waals surface area (Å²) in [6.45, 7) is 0. The number of hydrogen-bond donors (Lipinski definition) is 2. The maximum atomic E-state index is 11.0. The Balaban J connectivity index is 2.35. The molecule has 0 aliphatic carbocycles. The highest BCUT2D eigenvalue weighted by molar-refractivity contribution is 5.85. The van der Waals surface area contributed by atoms with Crippen molar-refractivity contribution in [2.24, 2.45) is 0 Å². The highest BCUT2D eigenvalue weighted by Crippen LogP contribution is 2.24. The minimum absolute atomic E-state index is 0.318. The first-order chi connectivity index (χ1) is 8.65. The van der Waals surface area contributed by atoms with Crippen LogP contribution in [0.1, 0.15) is 5.56 Å². The van der Waals surface area contributed by atoms with Crippen molar-refractivity contribution >= 4 is 16.9 Å². The average molecular weight is 249 g/mol. The van der Waals surface area contributed by atoms with Gasteiger partial charge in [-0.15, -0.1) is 0 Å². The molecule has 0 aliphatic heterocycles. The number of aromatic nitrogens is 1. The van der Waals surface area contributed by atoms with Gasteiger partial charge < -0.3 is 19.6 Å². The third-order valence-corrected chi connectivity index (χ3v) is 2.94. The van der Waals surface area contributed by atoms with Gasteiger partial charge in [-0.25, -0.2) is 4.79 Å². The average Bonchev–Trinajstić information content (AvgIpc) is 2.77. The molecule has 2 N–H and O–H groups in total. The molecule has 18 heavy (non-hydrogen) atoms. The van der Waals surface area contributed by atoms with Crippen molar-refractivity contribution in [3.05, 3.63) is 30.0 Å². The molecule has 0 bridgehead atoms. The molecule has 0 unspecified atom stereocenters. The number of benzene rings is 1. The zero-order valence-electron chi connectivity index (χ0n) is 10.3. The van der Waals surface area contributed by atoms with E-state index in [1.807, 2.05) is 18.2 Å². The second-order valence-electron chi connectivity index (χ2n) is 3.99. The molecule has 2 rings (SSSR count). The van der Waals surface area contributed by atoms with Crippen LogP contribution < -0.4 is 4.74 Å². The number of ether oxygens (including phenoxy) is 2. The fraction of sp³-hybridized carbons (Fsp3) is 0.308. The Kier molecular flexibility index (Phi) is 3.53. The highest BCUT2D eigenvalue weighted by Gasteiger charge is 2.18. The minimum Gasteiger partial charge on any atom is -0.497 e. The molecule has 0 aliphatic rings. The van der Waals surface area contributed by atoms with E-state index >= 15 is 0 Å². The van der Waals surface area contributed by atoms with Gasteiger partial charge in [-0.3, -0.25) is 0 Å². The van der Waals surface area contributed by atoms with E-state index in [4.69, 9.17) is 14.6 Å². The Morgan fingerprint density at radius 2 is 2.22 bits per heavy atom. The van der Waals surface area contributed by atoms with E-state index in [9.17, 15) is 4.79 Å². The van der Waals surface area contributed by atoms with E-state index in [1.54, 1.807) is 13.3 Å². The molecule has 1 aromatic carbocycles. The first kappa shape index (κ1) is 12.4. The number of hydrogen-bond acceptors (Lipinski definition) is 3. The summed E-state index contributed by atoms with van der Waals surface area (Å²) in [4.78, 5) is 14.1. The Bertz CT molecular complexity index is 561. The Hall–Kier alpha value is -2.01. The molecule has 0 spiro atoms. The third kappa shape index (κ3) is 2.31. The summed E-state index contributed by atoms with van der Waals surface area (Å²) in [6.07, 6.45) is 1.29. The molecule has 96 valence electrons. The van der Waals surface area contributed by atoms with Crippen LogP contribution in [0.3, 0.4) is 0 Å². The number of fused-ring (bicyclic) bond motifs is 1. The summed E-state index contributed by atoms with van der Waals surface area (Å²) in [5.41, 5.74) is 1.85. The second-order valence-corrected chi connectivity index (χ2v) is 3.99. The standard InChI is InChI=1S/C13H15NO4/c1-17-9-3-4-11-10(6-9)8(7-14-11)5-12(18-2)13(15)16/h3-4,6-7,12,14H,5H2,1-2H3,(H,15,16)/t12-/m0/s1. The van der Waals surface area contributed by atoms with Crippen molar-refractivity contribution in [1.29, 1.82) is 0 Å². The molecule has 0 saturated carbocycles. The fourth-order valence-corrected chi connectivity index (χ4v) is 1.92. The van der Waals surface area contributed by atoms with Crippen molar-refractivity contribution in [1.82, 2.24) is 4.98 Å². The van der Waals surface area contributed by atoms with Gasteiger partial charge in [0.1, 0.15) is 5.75 Å². The van der Waals surface area contributed by atoms with E-state index in [-0.39, 0.29) is 0 Å². The van der Waals surface area contributed by atoms with Crippen molar-refractivity contribution in [2.45, 2.75) is 12.5 Å². The van der Waals surface area contributed by atoms with Crippen LogP contribution in [0.25, 0.3) is 10.9 Å². The van der Waals surface area contributed by atoms with Crippen LogP contribution in [-0.4, -0.2) is 36.4 Å². The molecule has 0 amide bonds. The molecular formula is C13H15NO4.